The fraction of sp³-hybridized carbons (Fsp3) is 0.333. The zero-order chi connectivity index (χ0) is 28.7. The van der Waals surface area contributed by atoms with Crippen molar-refractivity contribution in [2.75, 3.05) is 33.8 Å². The van der Waals surface area contributed by atoms with Gasteiger partial charge in [-0.15, -0.1) is 0 Å². The molecule has 0 spiro atoms. The molecule has 2 amide bonds. The molecular formula is C33H36N4O4. The maximum atomic E-state index is 14.2. The number of aromatic hydroxyl groups is 1. The first-order chi connectivity index (χ1) is 19.9. The van der Waals surface area contributed by atoms with Crippen molar-refractivity contribution in [3.8, 4) is 11.5 Å². The number of rotatable bonds is 8. The fourth-order valence-corrected chi connectivity index (χ4v) is 6.48. The van der Waals surface area contributed by atoms with Crippen LogP contribution in [0.5, 0.6) is 11.5 Å². The van der Waals surface area contributed by atoms with Crippen molar-refractivity contribution in [2.24, 2.45) is 0 Å². The van der Waals surface area contributed by atoms with Gasteiger partial charge >= 0.3 is 0 Å². The molecule has 1 aromatic heterocycles. The molecule has 1 fully saturated rings. The average Bonchev–Trinajstić information content (AvgIpc) is 3.36. The number of para-hydroxylation sites is 1. The number of hydrogen-bond acceptors (Lipinski definition) is 5. The van der Waals surface area contributed by atoms with Gasteiger partial charge in [-0.05, 0) is 55.3 Å². The summed E-state index contributed by atoms with van der Waals surface area (Å²) < 4.78 is 5.40. The van der Waals surface area contributed by atoms with Crippen LogP contribution >= 0.6 is 0 Å². The first-order valence-corrected chi connectivity index (χ1v) is 14.2. The zero-order valence-electron chi connectivity index (χ0n) is 23.7. The Bertz CT molecular complexity index is 1580. The van der Waals surface area contributed by atoms with E-state index in [1.165, 1.54) is 12.7 Å². The molecule has 3 heterocycles. The number of aromatic amines is 1. The Labute approximate surface area is 240 Å². The van der Waals surface area contributed by atoms with E-state index in [0.29, 0.717) is 18.7 Å². The van der Waals surface area contributed by atoms with Gasteiger partial charge in [0.25, 0.3) is 0 Å². The van der Waals surface area contributed by atoms with Gasteiger partial charge in [0.05, 0.1) is 13.2 Å². The maximum absolute atomic E-state index is 14.2. The molecule has 41 heavy (non-hydrogen) atoms. The number of amides is 2. The smallest absolute Gasteiger partial charge is 0.246 e. The van der Waals surface area contributed by atoms with Crippen LogP contribution in [0.4, 0.5) is 0 Å². The van der Waals surface area contributed by atoms with Crippen LogP contribution in [-0.2, 0) is 22.4 Å². The number of fused-ring (bicyclic) bond motifs is 4. The summed E-state index contributed by atoms with van der Waals surface area (Å²) >= 11 is 0. The van der Waals surface area contributed by atoms with E-state index in [0.717, 1.165) is 40.7 Å². The number of phenolic OH excluding ortho intramolecular Hbond substituents is 1. The molecule has 2 N–H and O–H groups in total. The number of phenols is 1. The van der Waals surface area contributed by atoms with Crippen molar-refractivity contribution >= 4 is 22.7 Å². The Morgan fingerprint density at radius 2 is 1.83 bits per heavy atom. The Morgan fingerprint density at radius 3 is 2.61 bits per heavy atom. The first-order valence-electron chi connectivity index (χ1n) is 14.2. The molecule has 3 aromatic carbocycles. The van der Waals surface area contributed by atoms with Crippen molar-refractivity contribution in [3.63, 3.8) is 0 Å². The molecule has 3 atom stereocenters. The number of H-pyrrole nitrogens is 1. The number of benzene rings is 3. The Morgan fingerprint density at radius 1 is 1.07 bits per heavy atom. The number of likely N-dealkylation sites (N-methyl/N-ethyl adjacent to an activating group) is 1. The minimum Gasteiger partial charge on any atom is -0.504 e. The summed E-state index contributed by atoms with van der Waals surface area (Å²) in [6, 6.07) is 22.3. The van der Waals surface area contributed by atoms with Crippen LogP contribution < -0.4 is 4.74 Å². The van der Waals surface area contributed by atoms with Crippen LogP contribution in [0, 0.1) is 0 Å². The second-order valence-corrected chi connectivity index (χ2v) is 11.2. The highest BCUT2D eigenvalue weighted by atomic mass is 16.5. The van der Waals surface area contributed by atoms with Crippen LogP contribution in [0.15, 0.2) is 72.8 Å². The minimum atomic E-state index is -0.621. The third-order valence-electron chi connectivity index (χ3n) is 8.55. The number of carbonyl (C=O) groups excluding carboxylic acids is 2. The number of nitrogens with one attached hydrogen (secondary N) is 1. The van der Waals surface area contributed by atoms with E-state index >= 15 is 0 Å². The molecule has 2 aliphatic heterocycles. The minimum absolute atomic E-state index is 0.0258. The van der Waals surface area contributed by atoms with E-state index < -0.39 is 12.1 Å². The number of aromatic nitrogens is 1. The molecule has 0 radical (unpaired) electrons. The molecule has 8 nitrogen and oxygen atoms in total. The van der Waals surface area contributed by atoms with E-state index in [-0.39, 0.29) is 30.2 Å². The third-order valence-corrected chi connectivity index (χ3v) is 8.55. The standard InChI is InChI=1S/C33H36N4O4/c1-21(19-35(2)16-15-22-9-5-4-6-10-22)36-20-30(39)37-27(33(36)40)18-25-24-11-7-8-12-26(24)34-31(25)32(37)23-13-14-28(38)29(17-23)41-3/h4-14,17,21,27,32,34,38H,15-16,18-20H2,1-3H3. The highest BCUT2D eigenvalue weighted by Gasteiger charge is 2.49. The van der Waals surface area contributed by atoms with Crippen molar-refractivity contribution in [1.29, 1.82) is 0 Å². The van der Waals surface area contributed by atoms with Gasteiger partial charge in [0.15, 0.2) is 11.5 Å². The third kappa shape index (κ3) is 4.93. The number of piperazine rings is 1. The Balaban J connectivity index is 1.30. The van der Waals surface area contributed by atoms with Gasteiger partial charge in [-0.2, -0.15) is 0 Å². The van der Waals surface area contributed by atoms with Crippen molar-refractivity contribution in [1.82, 2.24) is 19.7 Å². The summed E-state index contributed by atoms with van der Waals surface area (Å²) in [4.78, 5) is 37.4. The summed E-state index contributed by atoms with van der Waals surface area (Å²) in [5, 5.41) is 11.3. The number of methoxy groups -OCH3 is 1. The summed E-state index contributed by atoms with van der Waals surface area (Å²) in [6.45, 7) is 3.60. The Hall–Kier alpha value is -4.30. The molecular weight excluding hydrogens is 516 g/mol. The lowest BCUT2D eigenvalue weighted by atomic mass is 9.86. The molecule has 8 heteroatoms. The number of ether oxygens (including phenoxy) is 1. The van der Waals surface area contributed by atoms with E-state index in [1.54, 1.807) is 28.0 Å². The van der Waals surface area contributed by atoms with Crippen molar-refractivity contribution in [2.45, 2.75) is 37.9 Å². The highest BCUT2D eigenvalue weighted by molar-refractivity contribution is 5.97. The monoisotopic (exact) mass is 552 g/mol. The molecule has 1 saturated heterocycles. The molecule has 6 rings (SSSR count). The van der Waals surface area contributed by atoms with Gasteiger partial charge in [0, 0.05) is 42.1 Å². The molecule has 0 saturated carbocycles. The summed E-state index contributed by atoms with van der Waals surface area (Å²) in [5.74, 6) is 0.236. The predicted molar refractivity (Wildman–Crippen MR) is 158 cm³/mol. The van der Waals surface area contributed by atoms with E-state index in [9.17, 15) is 14.7 Å². The van der Waals surface area contributed by atoms with Gasteiger partial charge in [-0.25, -0.2) is 0 Å². The second kappa shape index (κ2) is 10.9. The zero-order valence-corrected chi connectivity index (χ0v) is 23.7. The quantitative estimate of drug-likeness (QED) is 0.343. The van der Waals surface area contributed by atoms with E-state index in [4.69, 9.17) is 4.74 Å². The number of hydrogen-bond donors (Lipinski definition) is 2. The van der Waals surface area contributed by atoms with Crippen molar-refractivity contribution in [3.05, 3.63) is 95.2 Å². The SMILES string of the molecule is COc1cc(C2c3[nH]c4ccccc4c3CC3C(=O)N(C(C)CN(C)CCc4ccccc4)CC(=O)N32)ccc1O. The van der Waals surface area contributed by atoms with Crippen molar-refractivity contribution < 1.29 is 19.4 Å². The molecule has 3 unspecified atom stereocenters. The largest absolute Gasteiger partial charge is 0.504 e. The van der Waals surface area contributed by atoms with Crippen LogP contribution in [-0.4, -0.2) is 82.5 Å². The van der Waals surface area contributed by atoms with Gasteiger partial charge in [-0.1, -0.05) is 54.6 Å². The normalized spacial score (nSPS) is 19.4. The fourth-order valence-electron chi connectivity index (χ4n) is 6.48. The van der Waals surface area contributed by atoms with Crippen LogP contribution in [0.3, 0.4) is 0 Å². The highest BCUT2D eigenvalue weighted by Crippen LogP contribution is 2.44. The van der Waals surface area contributed by atoms with Crippen LogP contribution in [0.2, 0.25) is 0 Å². The van der Waals surface area contributed by atoms with Gasteiger partial charge in [0.1, 0.15) is 12.6 Å². The number of carbonyl (C=O) groups is 2. The lowest BCUT2D eigenvalue weighted by Gasteiger charge is -2.48. The lowest BCUT2D eigenvalue weighted by Crippen LogP contribution is -2.65. The average molecular weight is 553 g/mol. The first kappa shape index (κ1) is 26.9. The summed E-state index contributed by atoms with van der Waals surface area (Å²) in [5.41, 5.74) is 4.98. The maximum Gasteiger partial charge on any atom is 0.246 e. The van der Waals surface area contributed by atoms with E-state index in [2.05, 4.69) is 35.1 Å². The molecule has 2 aliphatic rings. The molecule has 4 aromatic rings. The van der Waals surface area contributed by atoms with Crippen LogP contribution in [0.1, 0.15) is 35.3 Å². The predicted octanol–water partition coefficient (Wildman–Crippen LogP) is 4.13. The number of nitrogens with zero attached hydrogens (tertiary/aromatic N) is 3. The second-order valence-electron chi connectivity index (χ2n) is 11.2. The van der Waals surface area contributed by atoms with Crippen LogP contribution in [0.25, 0.3) is 10.9 Å². The van der Waals surface area contributed by atoms with Gasteiger partial charge in [-0.3, -0.25) is 9.59 Å². The Kier molecular flexibility index (Phi) is 7.17. The summed E-state index contributed by atoms with van der Waals surface area (Å²) in [7, 11) is 3.57. The van der Waals surface area contributed by atoms with Gasteiger partial charge in [0.2, 0.25) is 11.8 Å². The molecule has 0 bridgehead atoms. The van der Waals surface area contributed by atoms with Gasteiger partial charge < -0.3 is 29.5 Å². The topological polar surface area (TPSA) is 89.1 Å². The molecule has 212 valence electrons. The summed E-state index contributed by atoms with van der Waals surface area (Å²) in [6.07, 6.45) is 1.37. The lowest BCUT2D eigenvalue weighted by molar-refractivity contribution is -0.160. The van der Waals surface area contributed by atoms with E-state index in [1.807, 2.05) is 43.3 Å². The molecule has 0 aliphatic carbocycles.